The van der Waals surface area contributed by atoms with Gasteiger partial charge in [-0.2, -0.15) is 0 Å². The highest BCUT2D eigenvalue weighted by atomic mass is 127. The Hall–Kier alpha value is 1.38. The van der Waals surface area contributed by atoms with Crippen molar-refractivity contribution in [2.75, 3.05) is 27.2 Å². The molecule has 0 aliphatic carbocycles. The molecule has 4 heteroatoms. The van der Waals surface area contributed by atoms with Crippen molar-refractivity contribution in [3.8, 4) is 0 Å². The minimum atomic E-state index is 0. The number of rotatable bonds is 0. The topological polar surface area (TPSA) is 7.68 Å². The Morgan fingerprint density at radius 1 is 1.67 bits per heavy atom. The zero-order valence-electron chi connectivity index (χ0n) is 5.69. The van der Waals surface area contributed by atoms with Gasteiger partial charge in [0.25, 0.3) is 0 Å². The number of nitrogens with one attached hydrogen (secondary N) is 1. The van der Waals surface area contributed by atoms with Crippen molar-refractivity contribution in [3.63, 3.8) is 0 Å². The van der Waals surface area contributed by atoms with Crippen LogP contribution in [0.15, 0.2) is 0 Å². The summed E-state index contributed by atoms with van der Waals surface area (Å²) in [6, 6.07) is 0. The Bertz CT molecular complexity index is 79.0. The highest BCUT2D eigenvalue weighted by Gasteiger charge is 2.26. The fourth-order valence-electron chi connectivity index (χ4n) is 0.961. The first-order chi connectivity index (χ1) is 3.72. The molecule has 9 heavy (non-hydrogen) atoms. The quantitative estimate of drug-likeness (QED) is 0.266. The Kier molecular flexibility index (Phi) is 4.96. The lowest BCUT2D eigenvalue weighted by Gasteiger charge is -2.13. The van der Waals surface area contributed by atoms with Crippen molar-refractivity contribution in [2.45, 2.75) is 4.17 Å². The van der Waals surface area contributed by atoms with Gasteiger partial charge >= 0.3 is 0 Å². The van der Waals surface area contributed by atoms with Gasteiger partial charge in [0.1, 0.15) is 0 Å². The van der Waals surface area contributed by atoms with Gasteiger partial charge in [-0.1, -0.05) is 0 Å². The second-order valence-electron chi connectivity index (χ2n) is 2.41. The van der Waals surface area contributed by atoms with Crippen molar-refractivity contribution < 1.29 is 28.9 Å². The molecule has 2 atom stereocenters. The van der Waals surface area contributed by atoms with E-state index in [-0.39, 0.29) is 24.0 Å². The number of nitrogens with zero attached hydrogens (tertiary/aromatic N) is 1. The van der Waals surface area contributed by atoms with Gasteiger partial charge in [0.2, 0.25) is 0 Å². The van der Waals surface area contributed by atoms with Crippen LogP contribution in [0.5, 0.6) is 0 Å². The van der Waals surface area contributed by atoms with Crippen LogP contribution in [-0.2, 0) is 0 Å². The van der Waals surface area contributed by atoms with Crippen molar-refractivity contribution in [3.05, 3.63) is 0 Å². The molecule has 1 heterocycles. The third-order valence-electron chi connectivity index (χ3n) is 1.65. The number of likely N-dealkylation sites (N-methyl/N-ethyl adjacent to an activating group) is 2. The lowest BCUT2D eigenvalue weighted by Crippen LogP contribution is -3.10. The Balaban J connectivity index is 0.000000640. The van der Waals surface area contributed by atoms with Crippen LogP contribution in [0, 0.1) is 0 Å². The van der Waals surface area contributed by atoms with E-state index in [1.165, 1.54) is 13.1 Å². The molecule has 1 aliphatic heterocycles. The molecule has 2 nitrogen and oxygen atoms in total. The van der Waals surface area contributed by atoms with Crippen LogP contribution in [0.2, 0.25) is 0 Å². The molecule has 2 unspecified atom stereocenters. The summed E-state index contributed by atoms with van der Waals surface area (Å²) in [5.74, 6) is 0. The Morgan fingerprint density at radius 2 is 2.22 bits per heavy atom. The van der Waals surface area contributed by atoms with Gasteiger partial charge in [-0.15, -0.1) is 0 Å². The van der Waals surface area contributed by atoms with Crippen LogP contribution in [0.3, 0.4) is 0 Å². The highest BCUT2D eigenvalue weighted by molar-refractivity contribution is 14.1. The van der Waals surface area contributed by atoms with Crippen LogP contribution in [0.1, 0.15) is 0 Å². The first kappa shape index (κ1) is 10.4. The summed E-state index contributed by atoms with van der Waals surface area (Å²) in [7, 11) is 4.41. The number of halogens is 2. The average Bonchev–Trinajstić information content (AvgIpc) is 1.98. The number of hydrogen-bond donors (Lipinski definition) is 1. The Morgan fingerprint density at radius 3 is 2.33 bits per heavy atom. The largest absolute Gasteiger partial charge is 1.00 e. The lowest BCUT2D eigenvalue weighted by atomic mass is 10.6. The lowest BCUT2D eigenvalue weighted by molar-refractivity contribution is -0.877. The summed E-state index contributed by atoms with van der Waals surface area (Å²) >= 11 is 2.47. The summed E-state index contributed by atoms with van der Waals surface area (Å²) in [6.07, 6.45) is 0. The van der Waals surface area contributed by atoms with Gasteiger partial charge in [0.05, 0.1) is 20.1 Å². The summed E-state index contributed by atoms with van der Waals surface area (Å²) in [4.78, 5) is 3.99. The van der Waals surface area contributed by atoms with Crippen LogP contribution < -0.4 is 28.9 Å². The first-order valence-corrected chi connectivity index (χ1v) is 4.13. The predicted molar refractivity (Wildman–Crippen MR) is 42.2 cm³/mol. The number of hydrogen-bond acceptors (Lipinski definition) is 1. The summed E-state index contributed by atoms with van der Waals surface area (Å²) < 4.78 is 0.701. The maximum Gasteiger partial charge on any atom is 0.194 e. The van der Waals surface area contributed by atoms with Crippen molar-refractivity contribution in [1.82, 2.24) is 4.90 Å². The molecule has 1 aliphatic rings. The van der Waals surface area contributed by atoms with Crippen LogP contribution in [-0.4, -0.2) is 36.3 Å². The average molecular weight is 354 g/mol. The SMILES string of the molecule is CN1CC[NH+](C)C1I.[I-]. The van der Waals surface area contributed by atoms with Gasteiger partial charge in [0.15, 0.2) is 4.17 Å². The zero-order chi connectivity index (χ0) is 6.15. The molecule has 1 N–H and O–H groups in total. The smallest absolute Gasteiger partial charge is 0.194 e. The van der Waals surface area contributed by atoms with E-state index in [0.29, 0.717) is 4.17 Å². The second-order valence-corrected chi connectivity index (χ2v) is 3.59. The maximum atomic E-state index is 2.47. The third-order valence-corrected chi connectivity index (χ3v) is 3.67. The van der Waals surface area contributed by atoms with E-state index in [1.807, 2.05) is 0 Å². The standard InChI is InChI=1S/C5H11IN2.HI/c1-7-3-4-8(2)5(7)6;/h5H,3-4H2,1-2H3;1H. The molecule has 0 aromatic carbocycles. The van der Waals surface area contributed by atoms with Gasteiger partial charge in [0, 0.05) is 22.6 Å². The van der Waals surface area contributed by atoms with E-state index in [9.17, 15) is 0 Å². The number of quaternary nitrogens is 1. The Labute approximate surface area is 87.1 Å². The zero-order valence-corrected chi connectivity index (χ0v) is 10.0. The molecule has 0 amide bonds. The number of alkyl halides is 1. The monoisotopic (exact) mass is 354 g/mol. The molecule has 0 aromatic heterocycles. The van der Waals surface area contributed by atoms with Crippen molar-refractivity contribution in [2.24, 2.45) is 0 Å². The molecular formula is C5H12I2N2. The van der Waals surface area contributed by atoms with E-state index in [0.717, 1.165) is 0 Å². The molecule has 1 saturated heterocycles. The van der Waals surface area contributed by atoms with Crippen LogP contribution in [0.25, 0.3) is 0 Å². The highest BCUT2D eigenvalue weighted by Crippen LogP contribution is 1.99. The molecule has 0 radical (unpaired) electrons. The summed E-state index contributed by atoms with van der Waals surface area (Å²) in [6.45, 7) is 2.55. The summed E-state index contributed by atoms with van der Waals surface area (Å²) in [5, 5.41) is 0. The van der Waals surface area contributed by atoms with E-state index in [2.05, 4.69) is 41.6 Å². The van der Waals surface area contributed by atoms with Crippen molar-refractivity contribution in [1.29, 1.82) is 0 Å². The predicted octanol–water partition coefficient (Wildman–Crippen LogP) is -3.83. The van der Waals surface area contributed by atoms with Crippen LogP contribution >= 0.6 is 22.6 Å². The molecule has 0 bridgehead atoms. The second kappa shape index (κ2) is 4.30. The van der Waals surface area contributed by atoms with Gasteiger partial charge in [-0.05, 0) is 7.05 Å². The normalized spacial score (nSPS) is 36.3. The van der Waals surface area contributed by atoms with E-state index >= 15 is 0 Å². The van der Waals surface area contributed by atoms with Crippen molar-refractivity contribution >= 4 is 22.6 Å². The molecule has 1 rings (SSSR count). The minimum Gasteiger partial charge on any atom is -1.00 e. The molecule has 0 spiro atoms. The molecule has 0 saturated carbocycles. The van der Waals surface area contributed by atoms with Gasteiger partial charge < -0.3 is 28.9 Å². The van der Waals surface area contributed by atoms with E-state index < -0.39 is 0 Å². The minimum absolute atomic E-state index is 0. The maximum absolute atomic E-state index is 2.47. The van der Waals surface area contributed by atoms with Gasteiger partial charge in [-0.3, -0.25) is 0 Å². The molecule has 0 aromatic rings. The fourth-order valence-corrected chi connectivity index (χ4v) is 1.55. The molecular weight excluding hydrogens is 342 g/mol. The van der Waals surface area contributed by atoms with E-state index in [4.69, 9.17) is 0 Å². The molecule has 56 valence electrons. The third kappa shape index (κ3) is 2.47. The molecule has 1 fully saturated rings. The van der Waals surface area contributed by atoms with Gasteiger partial charge in [-0.25, -0.2) is 4.90 Å². The van der Waals surface area contributed by atoms with E-state index in [1.54, 1.807) is 4.90 Å². The first-order valence-electron chi connectivity index (χ1n) is 2.88. The summed E-state index contributed by atoms with van der Waals surface area (Å²) in [5.41, 5.74) is 0. The van der Waals surface area contributed by atoms with Crippen LogP contribution in [0.4, 0.5) is 0 Å². The fraction of sp³-hybridized carbons (Fsp3) is 1.00.